The minimum absolute atomic E-state index is 0.00526. The van der Waals surface area contributed by atoms with Crippen LogP contribution in [0.15, 0.2) is 60.7 Å². The number of para-hydroxylation sites is 1. The van der Waals surface area contributed by atoms with E-state index >= 15 is 0 Å². The lowest BCUT2D eigenvalue weighted by Gasteiger charge is -2.32. The number of H-pyrrole nitrogens is 1. The highest BCUT2D eigenvalue weighted by Crippen LogP contribution is 2.22. The van der Waals surface area contributed by atoms with E-state index in [0.29, 0.717) is 0 Å². The standard InChI is InChI=1S/C25H29N3O/c1-19-24(22-12-6-7-13-23(22)26-19)25(29)20(2)28-17-15-27(16-18-28)14-8-11-21-9-4-3-5-10-21/h3-13,20,26H,14-18H2,1-2H3/p+2/b11-8+/t20-/m0/s1. The molecule has 1 fully saturated rings. The predicted molar refractivity (Wildman–Crippen MR) is 119 cm³/mol. The number of carbonyl (C=O) groups is 1. The van der Waals surface area contributed by atoms with E-state index in [0.717, 1.165) is 54.9 Å². The Labute approximate surface area is 172 Å². The van der Waals surface area contributed by atoms with Gasteiger partial charge in [-0.05, 0) is 31.6 Å². The van der Waals surface area contributed by atoms with E-state index in [1.54, 1.807) is 4.90 Å². The third-order valence-corrected chi connectivity index (χ3v) is 6.26. The van der Waals surface area contributed by atoms with Crippen LogP contribution in [-0.2, 0) is 0 Å². The highest BCUT2D eigenvalue weighted by Gasteiger charge is 2.33. The van der Waals surface area contributed by atoms with E-state index < -0.39 is 0 Å². The number of fused-ring (bicyclic) bond motifs is 1. The van der Waals surface area contributed by atoms with Crippen LogP contribution in [0.5, 0.6) is 0 Å². The summed E-state index contributed by atoms with van der Waals surface area (Å²) in [7, 11) is 0. The Balaban J connectivity index is 1.35. The van der Waals surface area contributed by atoms with Crippen molar-refractivity contribution in [1.82, 2.24) is 4.98 Å². The van der Waals surface area contributed by atoms with Crippen LogP contribution in [0.2, 0.25) is 0 Å². The summed E-state index contributed by atoms with van der Waals surface area (Å²) in [6, 6.07) is 18.6. The van der Waals surface area contributed by atoms with Crippen molar-refractivity contribution in [2.45, 2.75) is 19.9 Å². The van der Waals surface area contributed by atoms with Gasteiger partial charge in [-0.25, -0.2) is 0 Å². The Morgan fingerprint density at radius 2 is 1.72 bits per heavy atom. The van der Waals surface area contributed by atoms with E-state index in [2.05, 4.69) is 54.4 Å². The molecule has 2 aromatic carbocycles. The summed E-state index contributed by atoms with van der Waals surface area (Å²) in [5.74, 6) is 0.266. The van der Waals surface area contributed by atoms with Gasteiger partial charge in [0.1, 0.15) is 32.2 Å². The van der Waals surface area contributed by atoms with Gasteiger partial charge in [0.25, 0.3) is 0 Å². The monoisotopic (exact) mass is 389 g/mol. The molecule has 4 heteroatoms. The van der Waals surface area contributed by atoms with Crippen LogP contribution in [0.1, 0.15) is 28.5 Å². The maximum absolute atomic E-state index is 13.3. The van der Waals surface area contributed by atoms with Gasteiger partial charge >= 0.3 is 0 Å². The fourth-order valence-electron chi connectivity index (χ4n) is 4.48. The molecule has 0 radical (unpaired) electrons. The second kappa shape index (κ2) is 8.76. The molecule has 1 saturated heterocycles. The van der Waals surface area contributed by atoms with E-state index in [9.17, 15) is 4.79 Å². The lowest BCUT2D eigenvalue weighted by molar-refractivity contribution is -1.02. The number of nitrogens with one attached hydrogen (secondary N) is 3. The summed E-state index contributed by atoms with van der Waals surface area (Å²) in [6.45, 7) is 9.46. The largest absolute Gasteiger partial charge is 0.358 e. The Hall–Kier alpha value is -2.69. The van der Waals surface area contributed by atoms with E-state index in [1.807, 2.05) is 31.2 Å². The quantitative estimate of drug-likeness (QED) is 0.550. The van der Waals surface area contributed by atoms with Gasteiger partial charge in [-0.3, -0.25) is 4.79 Å². The van der Waals surface area contributed by atoms with Crippen molar-refractivity contribution >= 4 is 22.8 Å². The van der Waals surface area contributed by atoms with Crippen molar-refractivity contribution in [2.24, 2.45) is 0 Å². The second-order valence-electron chi connectivity index (χ2n) is 8.18. The van der Waals surface area contributed by atoms with Crippen LogP contribution < -0.4 is 9.80 Å². The van der Waals surface area contributed by atoms with Crippen LogP contribution in [0.3, 0.4) is 0 Å². The molecule has 3 aromatic rings. The van der Waals surface area contributed by atoms with Gasteiger partial charge in [0, 0.05) is 16.6 Å². The third-order valence-electron chi connectivity index (χ3n) is 6.26. The first-order valence-corrected chi connectivity index (χ1v) is 10.6. The molecular formula is C25H31N3O+2. The zero-order chi connectivity index (χ0) is 20.2. The number of ketones is 1. The zero-order valence-electron chi connectivity index (χ0n) is 17.4. The first-order valence-electron chi connectivity index (χ1n) is 10.6. The van der Waals surface area contributed by atoms with Crippen molar-refractivity contribution in [3.8, 4) is 0 Å². The fraction of sp³-hybridized carbons (Fsp3) is 0.320. The summed E-state index contributed by atoms with van der Waals surface area (Å²) in [4.78, 5) is 19.7. The molecule has 3 N–H and O–H groups in total. The maximum atomic E-state index is 13.3. The first-order chi connectivity index (χ1) is 14.1. The second-order valence-corrected chi connectivity index (χ2v) is 8.18. The molecule has 0 spiro atoms. The minimum Gasteiger partial charge on any atom is -0.358 e. The molecule has 1 aliphatic heterocycles. The Morgan fingerprint density at radius 3 is 2.48 bits per heavy atom. The van der Waals surface area contributed by atoms with E-state index in [-0.39, 0.29) is 11.8 Å². The third kappa shape index (κ3) is 4.34. The molecule has 1 aliphatic rings. The molecule has 1 atom stereocenters. The summed E-state index contributed by atoms with van der Waals surface area (Å²) in [6.07, 6.45) is 4.48. The SMILES string of the molecule is Cc1[nH]c2ccccc2c1C(=O)[C@H](C)[NH+]1CC[NH+](C/C=C/c2ccccc2)CC1. The number of aromatic nitrogens is 1. The van der Waals surface area contributed by atoms with Crippen LogP contribution in [0.25, 0.3) is 17.0 Å². The first kappa shape index (κ1) is 19.6. The number of piperazine rings is 1. The van der Waals surface area contributed by atoms with Gasteiger partial charge in [-0.2, -0.15) is 0 Å². The average molecular weight is 390 g/mol. The normalized spacial score (nSPS) is 20.9. The number of Topliss-reactive ketones (excluding diaryl/α,β-unsaturated/α-hetero) is 1. The maximum Gasteiger partial charge on any atom is 0.222 e. The molecule has 150 valence electrons. The fourth-order valence-corrected chi connectivity index (χ4v) is 4.48. The van der Waals surface area contributed by atoms with Crippen molar-refractivity contribution in [3.63, 3.8) is 0 Å². The van der Waals surface area contributed by atoms with Crippen molar-refractivity contribution in [2.75, 3.05) is 32.7 Å². The number of carbonyl (C=O) groups excluding carboxylic acids is 1. The number of quaternary nitrogens is 2. The van der Waals surface area contributed by atoms with Gasteiger partial charge < -0.3 is 14.8 Å². The van der Waals surface area contributed by atoms with Crippen molar-refractivity contribution in [1.29, 1.82) is 0 Å². The van der Waals surface area contributed by atoms with Crippen LogP contribution in [-0.4, -0.2) is 49.5 Å². The number of aryl methyl sites for hydroxylation is 1. The summed E-state index contributed by atoms with van der Waals surface area (Å²) in [5.41, 5.74) is 4.17. The molecule has 0 unspecified atom stereocenters. The Kier molecular flexibility index (Phi) is 5.93. The van der Waals surface area contributed by atoms with E-state index in [4.69, 9.17) is 0 Å². The number of hydrogen-bond donors (Lipinski definition) is 3. The number of benzene rings is 2. The highest BCUT2D eigenvalue weighted by molar-refractivity contribution is 6.10. The molecule has 2 heterocycles. The lowest BCUT2D eigenvalue weighted by Crippen LogP contribution is -3.29. The lowest BCUT2D eigenvalue weighted by atomic mass is 10.0. The van der Waals surface area contributed by atoms with Gasteiger partial charge in [-0.15, -0.1) is 0 Å². The van der Waals surface area contributed by atoms with Gasteiger partial charge in [0.2, 0.25) is 5.78 Å². The molecule has 4 rings (SSSR count). The Bertz CT molecular complexity index is 997. The van der Waals surface area contributed by atoms with Gasteiger partial charge in [0.05, 0.1) is 12.1 Å². The van der Waals surface area contributed by atoms with Crippen LogP contribution in [0, 0.1) is 6.92 Å². The van der Waals surface area contributed by atoms with Crippen LogP contribution in [0.4, 0.5) is 0 Å². The molecule has 0 aliphatic carbocycles. The number of aromatic amines is 1. The smallest absolute Gasteiger partial charge is 0.222 e. The summed E-state index contributed by atoms with van der Waals surface area (Å²) >= 11 is 0. The molecule has 0 saturated carbocycles. The number of rotatable bonds is 6. The van der Waals surface area contributed by atoms with Crippen molar-refractivity contribution in [3.05, 3.63) is 77.5 Å². The molecule has 0 amide bonds. The zero-order valence-corrected chi connectivity index (χ0v) is 17.4. The predicted octanol–water partition coefficient (Wildman–Crippen LogP) is 1.54. The molecule has 0 bridgehead atoms. The summed E-state index contributed by atoms with van der Waals surface area (Å²) < 4.78 is 0. The van der Waals surface area contributed by atoms with Crippen molar-refractivity contribution < 1.29 is 14.6 Å². The van der Waals surface area contributed by atoms with Crippen LogP contribution >= 0.6 is 0 Å². The van der Waals surface area contributed by atoms with Gasteiger partial charge in [-0.1, -0.05) is 54.6 Å². The average Bonchev–Trinajstić information content (AvgIpc) is 3.09. The number of hydrogen-bond acceptors (Lipinski definition) is 1. The molecule has 29 heavy (non-hydrogen) atoms. The summed E-state index contributed by atoms with van der Waals surface area (Å²) in [5, 5.41) is 1.05. The van der Waals surface area contributed by atoms with Gasteiger partial charge in [0.15, 0.2) is 0 Å². The topological polar surface area (TPSA) is 41.7 Å². The Morgan fingerprint density at radius 1 is 1.03 bits per heavy atom. The van der Waals surface area contributed by atoms with E-state index in [1.165, 1.54) is 10.5 Å². The molecule has 4 nitrogen and oxygen atoms in total. The minimum atomic E-state index is -0.00526. The molecule has 1 aromatic heterocycles. The highest BCUT2D eigenvalue weighted by atomic mass is 16.1. The molecular weight excluding hydrogens is 358 g/mol.